The lowest BCUT2D eigenvalue weighted by atomic mass is 10.0. The van der Waals surface area contributed by atoms with Crippen molar-refractivity contribution in [1.82, 2.24) is 0 Å². The first-order valence-electron chi connectivity index (χ1n) is 3.43. The molecule has 70 valence electrons. The molecule has 0 bridgehead atoms. The number of rotatable bonds is 2. The van der Waals surface area contributed by atoms with E-state index in [-0.39, 0.29) is 17.9 Å². The lowest BCUT2D eigenvalue weighted by Crippen LogP contribution is -2.62. The largest absolute Gasteiger partial charge is 0.469 e. The lowest BCUT2D eigenvalue weighted by molar-refractivity contribution is -0.141. The summed E-state index contributed by atoms with van der Waals surface area (Å²) in [6.07, 6.45) is -0.0251. The highest BCUT2D eigenvalue weighted by Crippen LogP contribution is 2.24. The summed E-state index contributed by atoms with van der Waals surface area (Å²) in [5.41, 5.74) is 4.69. The number of methoxy groups -OCH3 is 1. The molecule has 5 nitrogen and oxygen atoms in total. The monoisotopic (exact) mass is 193 g/mol. The Morgan fingerprint density at radius 2 is 2.08 bits per heavy atom. The van der Waals surface area contributed by atoms with Crippen molar-refractivity contribution in [2.45, 2.75) is 12.0 Å². The number of sulfone groups is 1. The Hall–Kier alpha value is -0.620. The van der Waals surface area contributed by atoms with Gasteiger partial charge in [0.05, 0.1) is 30.6 Å². The summed E-state index contributed by atoms with van der Waals surface area (Å²) >= 11 is 0. The molecule has 0 amide bonds. The average Bonchev–Trinajstić information content (AvgIpc) is 1.82. The van der Waals surface area contributed by atoms with E-state index in [0.717, 1.165) is 0 Å². The van der Waals surface area contributed by atoms with E-state index in [1.165, 1.54) is 7.11 Å². The predicted molar refractivity (Wildman–Crippen MR) is 42.2 cm³/mol. The summed E-state index contributed by atoms with van der Waals surface area (Å²) in [6, 6.07) is 0. The molecule has 1 aliphatic rings. The fourth-order valence-corrected chi connectivity index (χ4v) is 3.17. The molecule has 1 aliphatic heterocycles. The molecule has 1 rings (SSSR count). The third kappa shape index (κ3) is 1.95. The van der Waals surface area contributed by atoms with Crippen LogP contribution in [0.5, 0.6) is 0 Å². The van der Waals surface area contributed by atoms with Gasteiger partial charge < -0.3 is 10.5 Å². The lowest BCUT2D eigenvalue weighted by Gasteiger charge is -2.36. The van der Waals surface area contributed by atoms with Gasteiger partial charge in [-0.15, -0.1) is 0 Å². The van der Waals surface area contributed by atoms with E-state index >= 15 is 0 Å². The van der Waals surface area contributed by atoms with Gasteiger partial charge in [-0.3, -0.25) is 4.79 Å². The Balaban J connectivity index is 2.51. The highest BCUT2D eigenvalue weighted by atomic mass is 32.2. The number of hydrogen-bond acceptors (Lipinski definition) is 5. The van der Waals surface area contributed by atoms with Gasteiger partial charge in [-0.05, 0) is 0 Å². The first-order chi connectivity index (χ1) is 5.37. The van der Waals surface area contributed by atoms with Crippen LogP contribution < -0.4 is 5.73 Å². The van der Waals surface area contributed by atoms with E-state index < -0.39 is 21.3 Å². The molecule has 12 heavy (non-hydrogen) atoms. The Bertz CT molecular complexity index is 283. The van der Waals surface area contributed by atoms with Crippen LogP contribution in [0.3, 0.4) is 0 Å². The van der Waals surface area contributed by atoms with E-state index in [0.29, 0.717) is 0 Å². The zero-order valence-corrected chi connectivity index (χ0v) is 7.56. The van der Waals surface area contributed by atoms with Crippen molar-refractivity contribution >= 4 is 15.8 Å². The second-order valence-electron chi connectivity index (χ2n) is 3.15. The van der Waals surface area contributed by atoms with E-state index in [9.17, 15) is 13.2 Å². The molecule has 1 saturated heterocycles. The minimum Gasteiger partial charge on any atom is -0.469 e. The van der Waals surface area contributed by atoms with Gasteiger partial charge in [-0.2, -0.15) is 0 Å². The molecule has 0 aromatic rings. The molecular weight excluding hydrogens is 182 g/mol. The SMILES string of the molecule is COC(=O)CC1(N)CS(=O)(=O)C1. The zero-order chi connectivity index (χ0) is 9.41. The van der Waals surface area contributed by atoms with Crippen molar-refractivity contribution in [3.05, 3.63) is 0 Å². The number of nitrogens with two attached hydrogens (primary N) is 1. The van der Waals surface area contributed by atoms with Gasteiger partial charge in [0, 0.05) is 0 Å². The third-order valence-corrected chi connectivity index (χ3v) is 3.77. The van der Waals surface area contributed by atoms with Crippen LogP contribution in [0.4, 0.5) is 0 Å². The Labute approximate surface area is 70.8 Å². The van der Waals surface area contributed by atoms with Crippen LogP contribution in [-0.4, -0.2) is 38.5 Å². The van der Waals surface area contributed by atoms with E-state index in [1.807, 2.05) is 0 Å². The molecule has 0 radical (unpaired) electrons. The number of hydrogen-bond donors (Lipinski definition) is 1. The van der Waals surface area contributed by atoms with Crippen molar-refractivity contribution in [1.29, 1.82) is 0 Å². The second-order valence-corrected chi connectivity index (χ2v) is 5.21. The van der Waals surface area contributed by atoms with E-state index in [4.69, 9.17) is 5.73 Å². The fraction of sp³-hybridized carbons (Fsp3) is 0.833. The average molecular weight is 193 g/mol. The first kappa shape index (κ1) is 9.47. The molecular formula is C6H11NO4S. The van der Waals surface area contributed by atoms with Crippen molar-refractivity contribution in [3.63, 3.8) is 0 Å². The van der Waals surface area contributed by atoms with Crippen LogP contribution in [0.2, 0.25) is 0 Å². The van der Waals surface area contributed by atoms with Crippen molar-refractivity contribution in [2.75, 3.05) is 18.6 Å². The first-order valence-corrected chi connectivity index (χ1v) is 5.25. The minimum absolute atomic E-state index is 0.0251. The molecule has 0 unspecified atom stereocenters. The summed E-state index contributed by atoms with van der Waals surface area (Å²) in [5, 5.41) is 0. The van der Waals surface area contributed by atoms with Gasteiger partial charge in [0.15, 0.2) is 9.84 Å². The molecule has 2 N–H and O–H groups in total. The maximum Gasteiger partial charge on any atom is 0.307 e. The molecule has 1 heterocycles. The summed E-state index contributed by atoms with van der Waals surface area (Å²) in [7, 11) is -1.73. The molecule has 0 aromatic carbocycles. The predicted octanol–water partition coefficient (Wildman–Crippen LogP) is -1.32. The number of carbonyl (C=O) groups is 1. The van der Waals surface area contributed by atoms with Gasteiger partial charge in [0.25, 0.3) is 0 Å². The number of carbonyl (C=O) groups excluding carboxylic acids is 1. The van der Waals surface area contributed by atoms with Crippen molar-refractivity contribution in [3.8, 4) is 0 Å². The van der Waals surface area contributed by atoms with Crippen LogP contribution in [-0.2, 0) is 19.4 Å². The van der Waals surface area contributed by atoms with Crippen LogP contribution >= 0.6 is 0 Å². The van der Waals surface area contributed by atoms with Crippen LogP contribution in [0, 0.1) is 0 Å². The van der Waals surface area contributed by atoms with Crippen LogP contribution in [0.1, 0.15) is 6.42 Å². The highest BCUT2D eigenvalue weighted by Gasteiger charge is 2.46. The van der Waals surface area contributed by atoms with Gasteiger partial charge >= 0.3 is 5.97 Å². The van der Waals surface area contributed by atoms with E-state index in [1.54, 1.807) is 0 Å². The molecule has 1 fully saturated rings. The highest BCUT2D eigenvalue weighted by molar-refractivity contribution is 7.93. The molecule has 0 aliphatic carbocycles. The van der Waals surface area contributed by atoms with Crippen molar-refractivity contribution in [2.24, 2.45) is 5.73 Å². The van der Waals surface area contributed by atoms with Gasteiger partial charge in [-0.1, -0.05) is 0 Å². The molecule has 0 atom stereocenters. The normalized spacial score (nSPS) is 24.2. The van der Waals surface area contributed by atoms with Gasteiger partial charge in [0.2, 0.25) is 0 Å². The molecule has 0 spiro atoms. The zero-order valence-electron chi connectivity index (χ0n) is 6.74. The van der Waals surface area contributed by atoms with Crippen LogP contribution in [0.15, 0.2) is 0 Å². The van der Waals surface area contributed by atoms with E-state index in [2.05, 4.69) is 4.74 Å². The smallest absolute Gasteiger partial charge is 0.307 e. The summed E-state index contributed by atoms with van der Waals surface area (Å²) in [5.74, 6) is -0.697. The topological polar surface area (TPSA) is 86.5 Å². The maximum atomic E-state index is 10.7. The third-order valence-electron chi connectivity index (χ3n) is 1.74. The Kier molecular flexibility index (Phi) is 2.13. The Morgan fingerprint density at radius 1 is 1.58 bits per heavy atom. The second kappa shape index (κ2) is 2.70. The Morgan fingerprint density at radius 3 is 2.42 bits per heavy atom. The summed E-state index contributed by atoms with van der Waals surface area (Å²) in [6.45, 7) is 0. The van der Waals surface area contributed by atoms with Gasteiger partial charge in [0.1, 0.15) is 0 Å². The van der Waals surface area contributed by atoms with Gasteiger partial charge in [-0.25, -0.2) is 8.42 Å². The molecule has 0 saturated carbocycles. The summed E-state index contributed by atoms with van der Waals surface area (Å²) < 4.78 is 25.9. The standard InChI is InChI=1S/C6H11NO4S/c1-11-5(8)2-6(7)3-12(9,10)4-6/h2-4,7H2,1H3. The summed E-state index contributed by atoms with van der Waals surface area (Å²) in [4.78, 5) is 10.7. The van der Waals surface area contributed by atoms with Crippen LogP contribution in [0.25, 0.3) is 0 Å². The number of esters is 1. The molecule has 6 heteroatoms. The molecule has 0 aromatic heterocycles. The maximum absolute atomic E-state index is 10.7. The fourth-order valence-electron chi connectivity index (χ4n) is 1.30. The number of ether oxygens (including phenoxy) is 1. The quantitative estimate of drug-likeness (QED) is 0.549. The minimum atomic E-state index is -2.98. The van der Waals surface area contributed by atoms with Crippen molar-refractivity contribution < 1.29 is 17.9 Å².